The molecule has 3 heterocycles. The van der Waals surface area contributed by atoms with Crippen molar-refractivity contribution in [3.8, 4) is 17.0 Å². The molecule has 4 aromatic rings. The molecule has 5 heteroatoms. The van der Waals surface area contributed by atoms with Gasteiger partial charge in [-0.2, -0.15) is 0 Å². The number of fused-ring (bicyclic) bond motifs is 2. The Balaban J connectivity index is 2.06. The van der Waals surface area contributed by atoms with Gasteiger partial charge in [0.2, 0.25) is 5.88 Å². The third-order valence-electron chi connectivity index (χ3n) is 4.84. The van der Waals surface area contributed by atoms with Crippen LogP contribution in [0.15, 0.2) is 36.5 Å². The zero-order valence-corrected chi connectivity index (χ0v) is 15.2. The fourth-order valence-electron chi connectivity index (χ4n) is 3.61. The molecule has 0 radical (unpaired) electrons. The molecule has 0 fully saturated rings. The summed E-state index contributed by atoms with van der Waals surface area (Å²) >= 11 is 0. The second-order valence-corrected chi connectivity index (χ2v) is 6.72. The van der Waals surface area contributed by atoms with Crippen LogP contribution in [-0.2, 0) is 6.54 Å². The second-order valence-electron chi connectivity index (χ2n) is 6.72. The summed E-state index contributed by atoms with van der Waals surface area (Å²) in [6.07, 6.45) is 2.80. The molecule has 0 aliphatic heterocycles. The molecule has 0 atom stereocenters. The monoisotopic (exact) mass is 346 g/mol. The Morgan fingerprint density at radius 1 is 1.08 bits per heavy atom. The highest BCUT2D eigenvalue weighted by molar-refractivity contribution is 6.12. The van der Waals surface area contributed by atoms with Crippen LogP contribution >= 0.6 is 0 Å². The van der Waals surface area contributed by atoms with E-state index in [-0.39, 0.29) is 5.88 Å². The van der Waals surface area contributed by atoms with E-state index in [1.54, 1.807) is 0 Å². The van der Waals surface area contributed by atoms with Gasteiger partial charge in [0.15, 0.2) is 0 Å². The summed E-state index contributed by atoms with van der Waals surface area (Å²) < 4.78 is 1.81. The second kappa shape index (κ2) is 6.02. The molecule has 5 nitrogen and oxygen atoms in total. The third kappa shape index (κ3) is 2.39. The zero-order chi connectivity index (χ0) is 18.4. The van der Waals surface area contributed by atoms with E-state index >= 15 is 0 Å². The Morgan fingerprint density at radius 3 is 2.62 bits per heavy atom. The maximum atomic E-state index is 10.6. The maximum Gasteiger partial charge on any atom is 0.202 e. The maximum absolute atomic E-state index is 10.6. The molecule has 3 N–H and O–H groups in total. The highest BCUT2D eigenvalue weighted by Gasteiger charge is 2.17. The van der Waals surface area contributed by atoms with E-state index in [4.69, 9.17) is 10.7 Å². The third-order valence-corrected chi connectivity index (χ3v) is 4.84. The number of aromatic hydroxyl groups is 1. The summed E-state index contributed by atoms with van der Waals surface area (Å²) in [6, 6.07) is 10.1. The van der Waals surface area contributed by atoms with E-state index in [1.807, 2.05) is 48.9 Å². The number of nitrogens with zero attached hydrogens (tertiary/aromatic N) is 3. The van der Waals surface area contributed by atoms with E-state index < -0.39 is 0 Å². The largest absolute Gasteiger partial charge is 0.494 e. The molecule has 0 aliphatic carbocycles. The molecule has 0 spiro atoms. The molecule has 0 bridgehead atoms. The fourth-order valence-corrected chi connectivity index (χ4v) is 3.61. The minimum Gasteiger partial charge on any atom is -0.494 e. The Kier molecular flexibility index (Phi) is 3.80. The quantitative estimate of drug-likeness (QED) is 0.570. The van der Waals surface area contributed by atoms with Crippen molar-refractivity contribution < 1.29 is 5.11 Å². The Bertz CT molecular complexity index is 1140. The predicted octanol–water partition coefficient (Wildman–Crippen LogP) is 4.57. The minimum absolute atomic E-state index is 0.187. The number of anilines is 1. The smallest absolute Gasteiger partial charge is 0.202 e. The Morgan fingerprint density at radius 2 is 1.88 bits per heavy atom. The summed E-state index contributed by atoms with van der Waals surface area (Å²) in [4.78, 5) is 9.43. The first-order valence-corrected chi connectivity index (χ1v) is 8.86. The zero-order valence-electron chi connectivity index (χ0n) is 15.2. The van der Waals surface area contributed by atoms with Gasteiger partial charge in [-0.05, 0) is 26.3 Å². The van der Waals surface area contributed by atoms with Crippen LogP contribution < -0.4 is 5.73 Å². The van der Waals surface area contributed by atoms with E-state index in [0.717, 1.165) is 46.4 Å². The van der Waals surface area contributed by atoms with Crippen LogP contribution in [-0.4, -0.2) is 19.6 Å². The van der Waals surface area contributed by atoms with Gasteiger partial charge in [-0.1, -0.05) is 31.2 Å². The molecule has 0 aliphatic rings. The van der Waals surface area contributed by atoms with Gasteiger partial charge in [0.25, 0.3) is 0 Å². The van der Waals surface area contributed by atoms with E-state index in [0.29, 0.717) is 16.6 Å². The minimum atomic E-state index is 0.187. The SMILES string of the molecule is CCCn1cc2nc3c(-c4ccc(C)nc4C)cccc3c(N)c2c1O. The van der Waals surface area contributed by atoms with E-state index in [2.05, 4.69) is 18.0 Å². The molecule has 0 amide bonds. The molecule has 4 rings (SSSR count). The number of hydrogen-bond donors (Lipinski definition) is 2. The van der Waals surface area contributed by atoms with Gasteiger partial charge < -0.3 is 15.4 Å². The van der Waals surface area contributed by atoms with Gasteiger partial charge in [0, 0.05) is 40.6 Å². The lowest BCUT2D eigenvalue weighted by atomic mass is 9.99. The van der Waals surface area contributed by atoms with Gasteiger partial charge in [0.05, 0.1) is 22.1 Å². The summed E-state index contributed by atoms with van der Waals surface area (Å²) in [7, 11) is 0. The molecule has 0 saturated carbocycles. The fraction of sp³-hybridized carbons (Fsp3) is 0.238. The van der Waals surface area contributed by atoms with Crippen molar-refractivity contribution in [1.82, 2.24) is 14.5 Å². The van der Waals surface area contributed by atoms with Crippen LogP contribution in [0.1, 0.15) is 24.7 Å². The number of aromatic nitrogens is 3. The number of para-hydroxylation sites is 1. The van der Waals surface area contributed by atoms with Gasteiger partial charge in [-0.3, -0.25) is 4.98 Å². The van der Waals surface area contributed by atoms with Crippen molar-refractivity contribution in [2.24, 2.45) is 0 Å². The average molecular weight is 346 g/mol. The van der Waals surface area contributed by atoms with Gasteiger partial charge >= 0.3 is 0 Å². The Labute approximate surface area is 152 Å². The lowest BCUT2D eigenvalue weighted by Crippen LogP contribution is -1.95. The van der Waals surface area contributed by atoms with Crippen LogP contribution in [0.3, 0.4) is 0 Å². The first-order chi connectivity index (χ1) is 12.5. The molecule has 26 heavy (non-hydrogen) atoms. The van der Waals surface area contributed by atoms with Gasteiger partial charge in [-0.15, -0.1) is 0 Å². The summed E-state index contributed by atoms with van der Waals surface area (Å²) in [6.45, 7) is 6.79. The normalized spacial score (nSPS) is 11.5. The van der Waals surface area contributed by atoms with Crippen LogP contribution in [0.5, 0.6) is 5.88 Å². The first-order valence-electron chi connectivity index (χ1n) is 8.86. The van der Waals surface area contributed by atoms with Crippen molar-refractivity contribution in [3.05, 3.63) is 47.9 Å². The van der Waals surface area contributed by atoms with Gasteiger partial charge in [0.1, 0.15) is 0 Å². The first kappa shape index (κ1) is 16.4. The van der Waals surface area contributed by atoms with Crippen molar-refractivity contribution in [2.45, 2.75) is 33.7 Å². The molecule has 132 valence electrons. The molecular formula is C21H22N4O. The van der Waals surface area contributed by atoms with Crippen LogP contribution in [0, 0.1) is 13.8 Å². The van der Waals surface area contributed by atoms with Crippen LogP contribution in [0.4, 0.5) is 5.69 Å². The van der Waals surface area contributed by atoms with Crippen molar-refractivity contribution >= 4 is 27.5 Å². The van der Waals surface area contributed by atoms with E-state index in [9.17, 15) is 5.11 Å². The number of aryl methyl sites for hydroxylation is 3. The standard InChI is InChI=1S/C21H22N4O/c1-4-10-25-11-17-18(21(25)26)19(22)16-7-5-6-15(20(16)24-17)14-9-8-12(2)23-13(14)3/h5-9,11,26H,4,10,22H2,1-3H3. The van der Waals surface area contributed by atoms with Crippen molar-refractivity contribution in [1.29, 1.82) is 0 Å². The number of nitrogens with two attached hydrogens (primary N) is 1. The highest BCUT2D eigenvalue weighted by atomic mass is 16.3. The molecule has 0 unspecified atom stereocenters. The number of rotatable bonds is 3. The molecule has 3 aromatic heterocycles. The molecule has 1 aromatic carbocycles. The molecule has 0 saturated heterocycles. The number of pyridine rings is 2. The van der Waals surface area contributed by atoms with Crippen molar-refractivity contribution in [3.63, 3.8) is 0 Å². The molecular weight excluding hydrogens is 324 g/mol. The lowest BCUT2D eigenvalue weighted by Gasteiger charge is -2.11. The van der Waals surface area contributed by atoms with Crippen molar-refractivity contribution in [2.75, 3.05) is 5.73 Å². The Hall–Kier alpha value is -3.08. The van der Waals surface area contributed by atoms with E-state index in [1.165, 1.54) is 0 Å². The van der Waals surface area contributed by atoms with Crippen LogP contribution in [0.2, 0.25) is 0 Å². The predicted molar refractivity (Wildman–Crippen MR) is 106 cm³/mol. The topological polar surface area (TPSA) is 77.0 Å². The lowest BCUT2D eigenvalue weighted by molar-refractivity contribution is 0.421. The number of benzene rings is 1. The van der Waals surface area contributed by atoms with Gasteiger partial charge in [-0.25, -0.2) is 4.98 Å². The van der Waals surface area contributed by atoms with Crippen LogP contribution in [0.25, 0.3) is 32.9 Å². The summed E-state index contributed by atoms with van der Waals surface area (Å²) in [5.41, 5.74) is 12.6. The highest BCUT2D eigenvalue weighted by Crippen LogP contribution is 2.39. The number of hydrogen-bond acceptors (Lipinski definition) is 4. The summed E-state index contributed by atoms with van der Waals surface area (Å²) in [5.74, 6) is 0.187. The average Bonchev–Trinajstić information content (AvgIpc) is 2.91. The summed E-state index contributed by atoms with van der Waals surface area (Å²) in [5, 5.41) is 12.0. The number of nitrogen functional groups attached to an aromatic ring is 1.